The number of carbonyl (C=O) groups is 3. The highest BCUT2D eigenvalue weighted by atomic mass is 16.5. The van der Waals surface area contributed by atoms with Gasteiger partial charge in [0, 0.05) is 25.0 Å². The van der Waals surface area contributed by atoms with E-state index in [1.807, 2.05) is 24.3 Å². The van der Waals surface area contributed by atoms with Crippen LogP contribution in [0.5, 0.6) is 0 Å². The molecule has 2 amide bonds. The average Bonchev–Trinajstić information content (AvgIpc) is 3.30. The van der Waals surface area contributed by atoms with Gasteiger partial charge in [-0.2, -0.15) is 0 Å². The highest BCUT2D eigenvalue weighted by Crippen LogP contribution is 2.64. The van der Waals surface area contributed by atoms with Gasteiger partial charge in [0.1, 0.15) is 6.61 Å². The number of hydrogen-bond donors (Lipinski definition) is 2. The van der Waals surface area contributed by atoms with Gasteiger partial charge in [-0.15, -0.1) is 0 Å². The molecular weight excluding hydrogens is 444 g/mol. The van der Waals surface area contributed by atoms with Crippen LogP contribution in [-0.4, -0.2) is 53.7 Å². The van der Waals surface area contributed by atoms with Crippen molar-refractivity contribution >= 4 is 18.0 Å². The minimum absolute atomic E-state index is 0.0133. The minimum Gasteiger partial charge on any atom is -0.481 e. The van der Waals surface area contributed by atoms with E-state index in [0.717, 1.165) is 19.3 Å². The maximum absolute atomic E-state index is 13.3. The van der Waals surface area contributed by atoms with Crippen LogP contribution in [0.4, 0.5) is 4.79 Å². The number of nitrogens with zero attached hydrogens (tertiary/aromatic N) is 1. The van der Waals surface area contributed by atoms with Crippen LogP contribution in [0.3, 0.4) is 0 Å². The fourth-order valence-corrected chi connectivity index (χ4v) is 6.75. The molecule has 0 aromatic heterocycles. The lowest BCUT2D eigenvalue weighted by Gasteiger charge is -2.33. The van der Waals surface area contributed by atoms with Crippen LogP contribution < -0.4 is 5.32 Å². The Bertz CT molecular complexity index is 1150. The van der Waals surface area contributed by atoms with Gasteiger partial charge in [-0.1, -0.05) is 48.5 Å². The third kappa shape index (κ3) is 3.77. The van der Waals surface area contributed by atoms with Crippen LogP contribution in [0.1, 0.15) is 49.1 Å². The summed E-state index contributed by atoms with van der Waals surface area (Å²) in [5.74, 6) is -0.949. The molecule has 4 aliphatic rings. The van der Waals surface area contributed by atoms with Gasteiger partial charge in [0.2, 0.25) is 5.91 Å². The number of aliphatic carboxylic acids is 1. The molecule has 1 heterocycles. The van der Waals surface area contributed by atoms with Gasteiger partial charge in [0.15, 0.2) is 0 Å². The maximum Gasteiger partial charge on any atom is 0.407 e. The van der Waals surface area contributed by atoms with Crippen molar-refractivity contribution in [1.29, 1.82) is 0 Å². The molecule has 3 fully saturated rings. The standard InChI is InChI=1S/C28H30N2O5/c31-25(32)17-6-5-11-30(15-17)26(33)28-13-18(28)12-19(14-28)29-27(34)35-16-24-22-9-3-1-7-20(22)21-8-2-4-10-23(21)24/h1-4,7-10,17-19,24H,5-6,11-16H2,(H,29,34)(H,31,32)/t17?,18-,19+,28+/m1/s1. The predicted octanol–water partition coefficient (Wildman–Crippen LogP) is 4.02. The molecule has 182 valence electrons. The van der Waals surface area contributed by atoms with Gasteiger partial charge in [0.05, 0.1) is 11.3 Å². The van der Waals surface area contributed by atoms with Gasteiger partial charge in [-0.3, -0.25) is 9.59 Å². The summed E-state index contributed by atoms with van der Waals surface area (Å²) >= 11 is 0. The van der Waals surface area contributed by atoms with Crippen LogP contribution in [0, 0.1) is 17.3 Å². The third-order valence-electron chi connectivity index (χ3n) is 8.56. The molecule has 3 aliphatic carbocycles. The molecule has 6 rings (SSSR count). The molecule has 35 heavy (non-hydrogen) atoms. The number of amides is 2. The van der Waals surface area contributed by atoms with E-state index in [9.17, 15) is 19.5 Å². The quantitative estimate of drug-likeness (QED) is 0.683. The number of nitrogens with one attached hydrogen (secondary N) is 1. The Labute approximate surface area is 204 Å². The fourth-order valence-electron chi connectivity index (χ4n) is 6.75. The third-order valence-corrected chi connectivity index (χ3v) is 8.56. The molecular formula is C28H30N2O5. The average molecular weight is 475 g/mol. The van der Waals surface area contributed by atoms with Gasteiger partial charge >= 0.3 is 12.1 Å². The van der Waals surface area contributed by atoms with E-state index in [4.69, 9.17) is 4.74 Å². The Morgan fingerprint density at radius 3 is 2.40 bits per heavy atom. The first kappa shape index (κ1) is 22.1. The summed E-state index contributed by atoms with van der Waals surface area (Å²) in [5.41, 5.74) is 4.30. The lowest BCUT2D eigenvalue weighted by molar-refractivity contribution is -0.147. The lowest BCUT2D eigenvalue weighted by atomic mass is 9.94. The lowest BCUT2D eigenvalue weighted by Crippen LogP contribution is -2.46. The Morgan fingerprint density at radius 2 is 1.71 bits per heavy atom. The molecule has 2 saturated carbocycles. The molecule has 2 aromatic rings. The van der Waals surface area contributed by atoms with E-state index in [1.54, 1.807) is 4.90 Å². The number of likely N-dealkylation sites (tertiary alicyclic amines) is 1. The van der Waals surface area contributed by atoms with Crippen molar-refractivity contribution in [2.45, 2.75) is 44.1 Å². The number of carboxylic acids is 1. The van der Waals surface area contributed by atoms with Crippen molar-refractivity contribution in [2.75, 3.05) is 19.7 Å². The Kier molecular flexibility index (Phi) is 5.31. The minimum atomic E-state index is -0.825. The number of fused-ring (bicyclic) bond motifs is 4. The number of ether oxygens (including phenoxy) is 1. The summed E-state index contributed by atoms with van der Waals surface area (Å²) in [6.45, 7) is 1.19. The van der Waals surface area contributed by atoms with Gasteiger partial charge in [-0.25, -0.2) is 4.79 Å². The highest BCUT2D eigenvalue weighted by Gasteiger charge is 2.66. The van der Waals surface area contributed by atoms with Crippen molar-refractivity contribution in [3.05, 3.63) is 59.7 Å². The molecule has 0 spiro atoms. The maximum atomic E-state index is 13.3. The van der Waals surface area contributed by atoms with E-state index in [-0.39, 0.29) is 30.4 Å². The zero-order chi connectivity index (χ0) is 24.2. The van der Waals surface area contributed by atoms with E-state index >= 15 is 0 Å². The van der Waals surface area contributed by atoms with Crippen LogP contribution in [-0.2, 0) is 14.3 Å². The van der Waals surface area contributed by atoms with Crippen LogP contribution in [0.15, 0.2) is 48.5 Å². The largest absolute Gasteiger partial charge is 0.481 e. The number of carbonyl (C=O) groups excluding carboxylic acids is 2. The number of piperidine rings is 1. The molecule has 2 N–H and O–H groups in total. The van der Waals surface area contributed by atoms with Crippen LogP contribution >= 0.6 is 0 Å². The molecule has 0 bridgehead atoms. The van der Waals surface area contributed by atoms with Crippen molar-refractivity contribution < 1.29 is 24.2 Å². The molecule has 7 heteroatoms. The monoisotopic (exact) mass is 474 g/mol. The topological polar surface area (TPSA) is 95.9 Å². The van der Waals surface area contributed by atoms with E-state index in [0.29, 0.717) is 25.9 Å². The summed E-state index contributed by atoms with van der Waals surface area (Å²) in [5, 5.41) is 12.4. The number of rotatable bonds is 5. The van der Waals surface area contributed by atoms with Crippen molar-refractivity contribution in [1.82, 2.24) is 10.2 Å². The molecule has 1 unspecified atom stereocenters. The first-order valence-electron chi connectivity index (χ1n) is 12.6. The summed E-state index contributed by atoms with van der Waals surface area (Å²) in [4.78, 5) is 39.1. The summed E-state index contributed by atoms with van der Waals surface area (Å²) in [6.07, 6.45) is 3.13. The molecule has 1 aliphatic heterocycles. The smallest absolute Gasteiger partial charge is 0.407 e. The van der Waals surface area contributed by atoms with Gasteiger partial charge in [0.25, 0.3) is 0 Å². The zero-order valence-corrected chi connectivity index (χ0v) is 19.6. The van der Waals surface area contributed by atoms with E-state index in [2.05, 4.69) is 29.6 Å². The summed E-state index contributed by atoms with van der Waals surface area (Å²) < 4.78 is 5.69. The normalized spacial score (nSPS) is 28.6. The Morgan fingerprint density at radius 1 is 1.03 bits per heavy atom. The van der Waals surface area contributed by atoms with Crippen LogP contribution in [0.2, 0.25) is 0 Å². The Hall–Kier alpha value is -3.35. The van der Waals surface area contributed by atoms with Crippen molar-refractivity contribution in [3.8, 4) is 11.1 Å². The van der Waals surface area contributed by atoms with Crippen LogP contribution in [0.25, 0.3) is 11.1 Å². The molecule has 2 aromatic carbocycles. The van der Waals surface area contributed by atoms with E-state index in [1.165, 1.54) is 22.3 Å². The van der Waals surface area contributed by atoms with Gasteiger partial charge in [-0.05, 0) is 60.3 Å². The first-order valence-corrected chi connectivity index (χ1v) is 12.6. The molecule has 7 nitrogen and oxygen atoms in total. The molecule has 1 saturated heterocycles. The SMILES string of the molecule is O=C(N[C@H]1C[C@@H]2C[C@]2(C(=O)N2CCCC(C(=O)O)C2)C1)OCC1c2ccccc2-c2ccccc21. The van der Waals surface area contributed by atoms with Crippen molar-refractivity contribution in [2.24, 2.45) is 17.3 Å². The second kappa shape index (κ2) is 8.40. The molecule has 4 atom stereocenters. The summed E-state index contributed by atoms with van der Waals surface area (Å²) in [6, 6.07) is 16.4. The van der Waals surface area contributed by atoms with E-state index < -0.39 is 23.4 Å². The summed E-state index contributed by atoms with van der Waals surface area (Å²) in [7, 11) is 0. The second-order valence-electron chi connectivity index (χ2n) is 10.6. The second-order valence-corrected chi connectivity index (χ2v) is 10.6. The van der Waals surface area contributed by atoms with Crippen molar-refractivity contribution in [3.63, 3.8) is 0 Å². The predicted molar refractivity (Wildman–Crippen MR) is 129 cm³/mol. The Balaban J connectivity index is 1.06. The number of hydrogen-bond acceptors (Lipinski definition) is 4. The number of carboxylic acid groups (broad SMARTS) is 1. The first-order chi connectivity index (χ1) is 17.0. The number of alkyl carbamates (subject to hydrolysis) is 1. The number of benzene rings is 2. The molecule has 0 radical (unpaired) electrons. The van der Waals surface area contributed by atoms with Gasteiger partial charge < -0.3 is 20.1 Å². The zero-order valence-electron chi connectivity index (χ0n) is 19.6. The fraction of sp³-hybridized carbons (Fsp3) is 0.464. The highest BCUT2D eigenvalue weighted by molar-refractivity contribution is 5.87.